The number of carbonyl (C=O) groups excluding carboxylic acids is 1. The van der Waals surface area contributed by atoms with E-state index in [2.05, 4.69) is 10.2 Å². The van der Waals surface area contributed by atoms with Crippen LogP contribution in [0.15, 0.2) is 29.3 Å². The van der Waals surface area contributed by atoms with Crippen LogP contribution in [0.4, 0.5) is 0 Å². The number of fused-ring (bicyclic) bond motifs is 1. The quantitative estimate of drug-likeness (QED) is 0.370. The largest absolute Gasteiger partial charge is 0.497 e. The standard InChI is InChI=1S/C21H32N4O3.HI/c1-24(2)20(26)14-23-21(22-13-16-6-8-18(27-3)9-7-16)25-11-10-19-17(15-25)5-4-12-28-19;/h6-9,17,19H,4-5,10-15H2,1-3H3,(H,22,23);1H. The van der Waals surface area contributed by atoms with Gasteiger partial charge in [0.2, 0.25) is 5.91 Å². The fourth-order valence-corrected chi connectivity index (χ4v) is 3.76. The highest BCUT2D eigenvalue weighted by molar-refractivity contribution is 14.0. The first-order valence-corrected chi connectivity index (χ1v) is 10.0. The summed E-state index contributed by atoms with van der Waals surface area (Å²) in [7, 11) is 5.20. The van der Waals surface area contributed by atoms with Crippen molar-refractivity contribution in [3.05, 3.63) is 29.8 Å². The summed E-state index contributed by atoms with van der Waals surface area (Å²) < 4.78 is 11.1. The van der Waals surface area contributed by atoms with Gasteiger partial charge < -0.3 is 24.6 Å². The summed E-state index contributed by atoms with van der Waals surface area (Å²) in [5.41, 5.74) is 1.11. The first-order valence-electron chi connectivity index (χ1n) is 10.0. The zero-order valence-corrected chi connectivity index (χ0v) is 19.9. The summed E-state index contributed by atoms with van der Waals surface area (Å²) in [6, 6.07) is 7.93. The summed E-state index contributed by atoms with van der Waals surface area (Å²) in [6.45, 7) is 3.51. The molecule has 3 rings (SSSR count). The molecule has 1 aromatic carbocycles. The number of amides is 1. The molecule has 1 N–H and O–H groups in total. The molecule has 7 nitrogen and oxygen atoms in total. The van der Waals surface area contributed by atoms with Crippen molar-refractivity contribution in [3.63, 3.8) is 0 Å². The first-order chi connectivity index (χ1) is 13.6. The summed E-state index contributed by atoms with van der Waals surface area (Å²) in [5.74, 6) is 2.21. The predicted molar refractivity (Wildman–Crippen MR) is 125 cm³/mol. The van der Waals surface area contributed by atoms with Gasteiger partial charge in [0.15, 0.2) is 5.96 Å². The Labute approximate surface area is 190 Å². The maximum atomic E-state index is 12.1. The molecule has 2 saturated heterocycles. The van der Waals surface area contributed by atoms with Crippen molar-refractivity contribution < 1.29 is 14.3 Å². The van der Waals surface area contributed by atoms with E-state index in [1.165, 1.54) is 6.42 Å². The van der Waals surface area contributed by atoms with Crippen LogP contribution < -0.4 is 10.1 Å². The van der Waals surface area contributed by atoms with Crippen LogP contribution in [-0.2, 0) is 16.1 Å². The topological polar surface area (TPSA) is 66.4 Å². The molecule has 2 unspecified atom stereocenters. The Morgan fingerprint density at radius 3 is 2.76 bits per heavy atom. The second-order valence-electron chi connectivity index (χ2n) is 7.68. The smallest absolute Gasteiger partial charge is 0.241 e. The molecule has 0 radical (unpaired) electrons. The number of nitrogens with one attached hydrogen (secondary N) is 1. The molecule has 0 bridgehead atoms. The van der Waals surface area contributed by atoms with Gasteiger partial charge in [0, 0.05) is 39.7 Å². The van der Waals surface area contributed by atoms with E-state index in [-0.39, 0.29) is 36.4 Å². The van der Waals surface area contributed by atoms with Gasteiger partial charge in [0.05, 0.1) is 26.3 Å². The number of ether oxygens (including phenoxy) is 2. The Morgan fingerprint density at radius 2 is 2.07 bits per heavy atom. The summed E-state index contributed by atoms with van der Waals surface area (Å²) in [4.78, 5) is 20.8. The normalized spacial score (nSPS) is 21.6. The average molecular weight is 516 g/mol. The van der Waals surface area contributed by atoms with Crippen molar-refractivity contribution in [2.75, 3.05) is 47.4 Å². The fraction of sp³-hybridized carbons (Fsp3) is 0.619. The number of hydrogen-bond acceptors (Lipinski definition) is 4. The molecule has 2 heterocycles. The number of piperidine rings is 1. The van der Waals surface area contributed by atoms with E-state index < -0.39 is 0 Å². The second-order valence-corrected chi connectivity index (χ2v) is 7.68. The highest BCUT2D eigenvalue weighted by Gasteiger charge is 2.33. The highest BCUT2D eigenvalue weighted by atomic mass is 127. The molecule has 1 amide bonds. The molecule has 0 aromatic heterocycles. The number of carbonyl (C=O) groups is 1. The van der Waals surface area contributed by atoms with Gasteiger partial charge in [-0.05, 0) is 37.0 Å². The number of likely N-dealkylation sites (N-methyl/N-ethyl adjacent to an activating group) is 1. The van der Waals surface area contributed by atoms with Crippen LogP contribution in [0.3, 0.4) is 0 Å². The van der Waals surface area contributed by atoms with Crippen LogP contribution in [0, 0.1) is 5.92 Å². The van der Waals surface area contributed by atoms with E-state index in [4.69, 9.17) is 14.5 Å². The van der Waals surface area contributed by atoms with Gasteiger partial charge in [0.1, 0.15) is 5.75 Å². The predicted octanol–water partition coefficient (Wildman–Crippen LogP) is 2.35. The molecular formula is C21H33IN4O3. The minimum Gasteiger partial charge on any atom is -0.497 e. The monoisotopic (exact) mass is 516 g/mol. The van der Waals surface area contributed by atoms with E-state index in [1.807, 2.05) is 24.3 Å². The van der Waals surface area contributed by atoms with Crippen molar-refractivity contribution in [3.8, 4) is 5.75 Å². The molecule has 29 heavy (non-hydrogen) atoms. The maximum absolute atomic E-state index is 12.1. The highest BCUT2D eigenvalue weighted by Crippen LogP contribution is 2.28. The molecule has 2 atom stereocenters. The number of nitrogens with zero attached hydrogens (tertiary/aromatic N) is 3. The molecule has 0 spiro atoms. The second kappa shape index (κ2) is 11.6. The van der Waals surface area contributed by atoms with Crippen molar-refractivity contribution in [2.45, 2.75) is 31.9 Å². The Balaban J connectivity index is 0.00000300. The number of halogens is 1. The van der Waals surface area contributed by atoms with Crippen LogP contribution in [0.25, 0.3) is 0 Å². The molecule has 1 aromatic rings. The molecule has 2 fully saturated rings. The SMILES string of the molecule is COc1ccc(CN=C(NCC(=O)N(C)C)N2CCC3OCCCC3C2)cc1.I. The third-order valence-electron chi connectivity index (χ3n) is 5.48. The Kier molecular flexibility index (Phi) is 9.48. The fourth-order valence-electron chi connectivity index (χ4n) is 3.76. The lowest BCUT2D eigenvalue weighted by molar-refractivity contribution is -0.127. The van der Waals surface area contributed by atoms with Gasteiger partial charge in [-0.15, -0.1) is 24.0 Å². The van der Waals surface area contributed by atoms with E-state index >= 15 is 0 Å². The summed E-state index contributed by atoms with van der Waals surface area (Å²) in [5, 5.41) is 3.28. The third-order valence-corrected chi connectivity index (χ3v) is 5.48. The Hall–Kier alpha value is -1.55. The average Bonchev–Trinajstić information content (AvgIpc) is 2.73. The van der Waals surface area contributed by atoms with Crippen molar-refractivity contribution in [1.82, 2.24) is 15.1 Å². The third kappa shape index (κ3) is 6.74. The summed E-state index contributed by atoms with van der Waals surface area (Å²) in [6.07, 6.45) is 3.70. The van der Waals surface area contributed by atoms with Gasteiger partial charge in [-0.2, -0.15) is 0 Å². The first kappa shape index (κ1) is 23.7. The van der Waals surface area contributed by atoms with Gasteiger partial charge in [0.25, 0.3) is 0 Å². The summed E-state index contributed by atoms with van der Waals surface area (Å²) >= 11 is 0. The number of methoxy groups -OCH3 is 1. The molecule has 8 heteroatoms. The van der Waals surface area contributed by atoms with Crippen LogP contribution >= 0.6 is 24.0 Å². The van der Waals surface area contributed by atoms with Gasteiger partial charge in [-0.1, -0.05) is 12.1 Å². The number of hydrogen-bond donors (Lipinski definition) is 1. The lowest BCUT2D eigenvalue weighted by Crippen LogP contribution is -2.53. The zero-order valence-electron chi connectivity index (χ0n) is 17.6. The number of likely N-dealkylation sites (tertiary alicyclic amines) is 1. The zero-order chi connectivity index (χ0) is 19.9. The van der Waals surface area contributed by atoms with Gasteiger partial charge >= 0.3 is 0 Å². The van der Waals surface area contributed by atoms with Crippen molar-refractivity contribution in [1.29, 1.82) is 0 Å². The molecule has 2 aliphatic rings. The minimum atomic E-state index is 0. The van der Waals surface area contributed by atoms with E-state index in [0.717, 1.165) is 49.8 Å². The number of aliphatic imine (C=N–C) groups is 1. The molecule has 2 aliphatic heterocycles. The minimum absolute atomic E-state index is 0. The van der Waals surface area contributed by atoms with Crippen LogP contribution in [0.1, 0.15) is 24.8 Å². The van der Waals surface area contributed by atoms with E-state index in [1.54, 1.807) is 26.1 Å². The van der Waals surface area contributed by atoms with Gasteiger partial charge in [-0.25, -0.2) is 4.99 Å². The number of rotatable bonds is 5. The molecule has 0 saturated carbocycles. The van der Waals surface area contributed by atoms with Crippen molar-refractivity contribution >= 4 is 35.8 Å². The van der Waals surface area contributed by atoms with Crippen LogP contribution in [0.2, 0.25) is 0 Å². The lowest BCUT2D eigenvalue weighted by Gasteiger charge is -2.42. The Morgan fingerprint density at radius 1 is 1.31 bits per heavy atom. The Bertz CT molecular complexity index is 681. The molecule has 0 aliphatic carbocycles. The van der Waals surface area contributed by atoms with E-state index in [0.29, 0.717) is 18.6 Å². The molecule has 162 valence electrons. The maximum Gasteiger partial charge on any atom is 0.241 e. The molecular weight excluding hydrogens is 483 g/mol. The van der Waals surface area contributed by atoms with E-state index in [9.17, 15) is 4.79 Å². The van der Waals surface area contributed by atoms with Crippen molar-refractivity contribution in [2.24, 2.45) is 10.9 Å². The number of guanidine groups is 1. The van der Waals surface area contributed by atoms with Crippen LogP contribution in [0.5, 0.6) is 5.75 Å². The number of benzene rings is 1. The van der Waals surface area contributed by atoms with Crippen LogP contribution in [-0.4, -0.2) is 75.2 Å². The van der Waals surface area contributed by atoms with Gasteiger partial charge in [-0.3, -0.25) is 4.79 Å². The lowest BCUT2D eigenvalue weighted by atomic mass is 9.88.